The molecule has 2 aliphatic carbocycles. The predicted molar refractivity (Wildman–Crippen MR) is 119 cm³/mol. The van der Waals surface area contributed by atoms with Gasteiger partial charge in [0.1, 0.15) is 0 Å². The van der Waals surface area contributed by atoms with Crippen LogP contribution in [0.4, 0.5) is 0 Å². The van der Waals surface area contributed by atoms with Crippen LogP contribution >= 0.6 is 0 Å². The molecule has 29 heavy (non-hydrogen) atoms. The van der Waals surface area contributed by atoms with Crippen LogP contribution in [0.25, 0.3) is 11.1 Å². The van der Waals surface area contributed by atoms with Gasteiger partial charge >= 0.3 is 0 Å². The minimum atomic E-state index is -0.224. The van der Waals surface area contributed by atoms with Crippen LogP contribution in [0.1, 0.15) is 72.4 Å². The van der Waals surface area contributed by atoms with Gasteiger partial charge in [0.2, 0.25) is 0 Å². The van der Waals surface area contributed by atoms with Gasteiger partial charge in [-0.15, -0.1) is 0 Å². The molecule has 0 bridgehead atoms. The van der Waals surface area contributed by atoms with Crippen LogP contribution in [0, 0.1) is 5.41 Å². The smallest absolute Gasteiger partial charge is 0.190 e. The van der Waals surface area contributed by atoms with E-state index in [1.165, 1.54) is 0 Å². The number of rotatable bonds is 3. The van der Waals surface area contributed by atoms with Crippen LogP contribution in [0.5, 0.6) is 0 Å². The molecule has 0 N–H and O–H groups in total. The fourth-order valence-corrected chi connectivity index (χ4v) is 4.16. The summed E-state index contributed by atoms with van der Waals surface area (Å²) in [6.45, 7) is 8.38. The van der Waals surface area contributed by atoms with Crippen molar-refractivity contribution >= 4 is 22.7 Å². The van der Waals surface area contributed by atoms with E-state index in [4.69, 9.17) is 0 Å². The summed E-state index contributed by atoms with van der Waals surface area (Å²) in [6.07, 6.45) is 5.65. The molecule has 2 nitrogen and oxygen atoms in total. The Hall–Kier alpha value is -3.00. The standard InChI is InChI=1S/C27H26O2/c1-5-17-15-22(18-11-7-9-13-20(18)25(17)28)23-16-24(27(3,4)6-2)26(29)21-14-10-8-12-19(21)23/h7-16H,5-6H2,1-4H3/b23-22+. The van der Waals surface area contributed by atoms with Crippen molar-refractivity contribution in [2.45, 2.75) is 40.5 Å². The molecule has 146 valence electrons. The molecule has 2 heteroatoms. The van der Waals surface area contributed by atoms with Gasteiger partial charge in [-0.05, 0) is 52.7 Å². The highest BCUT2D eigenvalue weighted by Crippen LogP contribution is 2.44. The van der Waals surface area contributed by atoms with Crippen molar-refractivity contribution in [2.75, 3.05) is 0 Å². The second kappa shape index (κ2) is 7.11. The fraction of sp³-hybridized carbons (Fsp3) is 0.259. The lowest BCUT2D eigenvalue weighted by Gasteiger charge is -2.31. The number of carbonyl (C=O) groups is 2. The lowest BCUT2D eigenvalue weighted by molar-refractivity contribution is 0.100. The Balaban J connectivity index is 2.10. The molecule has 2 aliphatic rings. The number of hydrogen-bond donors (Lipinski definition) is 0. The number of carbonyl (C=O) groups excluding carboxylic acids is 2. The van der Waals surface area contributed by atoms with E-state index in [1.54, 1.807) is 0 Å². The molecular weight excluding hydrogens is 356 g/mol. The van der Waals surface area contributed by atoms with Crippen molar-refractivity contribution in [3.8, 4) is 0 Å². The summed E-state index contributed by atoms with van der Waals surface area (Å²) in [4.78, 5) is 26.2. The molecule has 0 aromatic heterocycles. The molecule has 0 radical (unpaired) electrons. The molecule has 2 aromatic rings. The zero-order valence-corrected chi connectivity index (χ0v) is 17.5. The van der Waals surface area contributed by atoms with Gasteiger partial charge in [-0.2, -0.15) is 0 Å². The van der Waals surface area contributed by atoms with Crippen LogP contribution in [0.15, 0.2) is 71.8 Å². The van der Waals surface area contributed by atoms with Gasteiger partial charge in [0.25, 0.3) is 0 Å². The quantitative estimate of drug-likeness (QED) is 0.593. The summed E-state index contributed by atoms with van der Waals surface area (Å²) >= 11 is 0. The molecular formula is C27H26O2. The molecule has 0 atom stereocenters. The SMILES string of the molecule is CCC1=C/C(=C2/C=C(C(C)(C)CC)C(=O)c3ccccc32)c2ccccc2C1=O. The topological polar surface area (TPSA) is 34.1 Å². The Morgan fingerprint density at radius 1 is 0.690 bits per heavy atom. The third kappa shape index (κ3) is 3.04. The summed E-state index contributed by atoms with van der Waals surface area (Å²) in [7, 11) is 0. The second-order valence-electron chi connectivity index (χ2n) is 8.40. The Morgan fingerprint density at radius 3 is 1.69 bits per heavy atom. The second-order valence-corrected chi connectivity index (χ2v) is 8.40. The van der Waals surface area contributed by atoms with E-state index in [-0.39, 0.29) is 17.0 Å². The van der Waals surface area contributed by atoms with E-state index in [1.807, 2.05) is 61.5 Å². The average Bonchev–Trinajstić information content (AvgIpc) is 2.75. The van der Waals surface area contributed by atoms with Crippen molar-refractivity contribution in [2.24, 2.45) is 5.41 Å². The number of benzene rings is 2. The van der Waals surface area contributed by atoms with Crippen molar-refractivity contribution in [1.29, 1.82) is 0 Å². The minimum absolute atomic E-state index is 0.103. The highest BCUT2D eigenvalue weighted by atomic mass is 16.1. The van der Waals surface area contributed by atoms with Gasteiger partial charge in [-0.3, -0.25) is 9.59 Å². The van der Waals surface area contributed by atoms with Crippen molar-refractivity contribution < 1.29 is 9.59 Å². The Morgan fingerprint density at radius 2 is 1.17 bits per heavy atom. The predicted octanol–water partition coefficient (Wildman–Crippen LogP) is 6.69. The first-order valence-corrected chi connectivity index (χ1v) is 10.3. The first kappa shape index (κ1) is 19.3. The molecule has 0 amide bonds. The monoisotopic (exact) mass is 382 g/mol. The largest absolute Gasteiger partial charge is 0.289 e. The lowest BCUT2D eigenvalue weighted by Crippen LogP contribution is -2.24. The Labute approximate surface area is 172 Å². The maximum absolute atomic E-state index is 13.3. The zero-order valence-electron chi connectivity index (χ0n) is 17.5. The molecule has 0 saturated carbocycles. The van der Waals surface area contributed by atoms with E-state index in [0.29, 0.717) is 6.42 Å². The van der Waals surface area contributed by atoms with Crippen LogP contribution < -0.4 is 0 Å². The van der Waals surface area contributed by atoms with Gasteiger partial charge in [-0.1, -0.05) is 76.2 Å². The van der Waals surface area contributed by atoms with Crippen molar-refractivity contribution in [3.05, 3.63) is 94.1 Å². The van der Waals surface area contributed by atoms with Gasteiger partial charge in [-0.25, -0.2) is 0 Å². The molecule has 2 aromatic carbocycles. The third-order valence-electron chi connectivity index (χ3n) is 6.35. The van der Waals surface area contributed by atoms with E-state index in [0.717, 1.165) is 51.0 Å². The van der Waals surface area contributed by atoms with Gasteiger partial charge in [0.15, 0.2) is 11.6 Å². The molecule has 0 heterocycles. The number of Topliss-reactive ketones (excluding diaryl/α,β-unsaturated/α-hetero) is 2. The first-order valence-electron chi connectivity index (χ1n) is 10.3. The normalized spacial score (nSPS) is 18.8. The number of ketones is 2. The Bertz CT molecular complexity index is 1120. The van der Waals surface area contributed by atoms with Gasteiger partial charge in [0, 0.05) is 22.3 Å². The van der Waals surface area contributed by atoms with Crippen LogP contribution in [-0.2, 0) is 0 Å². The highest BCUT2D eigenvalue weighted by molar-refractivity contribution is 6.23. The molecule has 0 saturated heterocycles. The summed E-state index contributed by atoms with van der Waals surface area (Å²) in [6, 6.07) is 15.6. The van der Waals surface area contributed by atoms with Crippen molar-refractivity contribution in [1.82, 2.24) is 0 Å². The first-order chi connectivity index (χ1) is 13.9. The highest BCUT2D eigenvalue weighted by Gasteiger charge is 2.34. The van der Waals surface area contributed by atoms with E-state index < -0.39 is 0 Å². The summed E-state index contributed by atoms with van der Waals surface area (Å²) in [5, 5.41) is 0. The molecule has 0 spiro atoms. The maximum atomic E-state index is 13.3. The van der Waals surface area contributed by atoms with E-state index in [9.17, 15) is 9.59 Å². The third-order valence-corrected chi connectivity index (χ3v) is 6.35. The molecule has 0 aliphatic heterocycles. The van der Waals surface area contributed by atoms with E-state index in [2.05, 4.69) is 26.8 Å². The maximum Gasteiger partial charge on any atom is 0.190 e. The molecule has 0 fully saturated rings. The van der Waals surface area contributed by atoms with Gasteiger partial charge < -0.3 is 0 Å². The fourth-order valence-electron chi connectivity index (χ4n) is 4.16. The summed E-state index contributed by atoms with van der Waals surface area (Å²) in [5.41, 5.74) is 6.86. The lowest BCUT2D eigenvalue weighted by atomic mass is 9.71. The number of allylic oxidation sites excluding steroid dienone is 6. The van der Waals surface area contributed by atoms with E-state index >= 15 is 0 Å². The minimum Gasteiger partial charge on any atom is -0.289 e. The number of hydrogen-bond acceptors (Lipinski definition) is 2. The zero-order chi connectivity index (χ0) is 20.8. The summed E-state index contributed by atoms with van der Waals surface area (Å²) < 4.78 is 0. The Kier molecular flexibility index (Phi) is 4.74. The van der Waals surface area contributed by atoms with Crippen LogP contribution in [-0.4, -0.2) is 11.6 Å². The van der Waals surface area contributed by atoms with Gasteiger partial charge in [0.05, 0.1) is 0 Å². The summed E-state index contributed by atoms with van der Waals surface area (Å²) in [5.74, 6) is 0.211. The average molecular weight is 383 g/mol. The van der Waals surface area contributed by atoms with Crippen molar-refractivity contribution in [3.63, 3.8) is 0 Å². The molecule has 0 unspecified atom stereocenters. The molecule has 4 rings (SSSR count). The van der Waals surface area contributed by atoms with Crippen LogP contribution in [0.3, 0.4) is 0 Å². The number of fused-ring (bicyclic) bond motifs is 2. The van der Waals surface area contributed by atoms with Crippen LogP contribution in [0.2, 0.25) is 0 Å².